The molecule has 0 aliphatic rings. The normalized spacial score (nSPS) is 11.1. The van der Waals surface area contributed by atoms with Crippen LogP contribution in [0.4, 0.5) is 0 Å². The van der Waals surface area contributed by atoms with Crippen molar-refractivity contribution in [2.24, 2.45) is 0 Å². The first-order valence-corrected chi connectivity index (χ1v) is 6.64. The van der Waals surface area contributed by atoms with Gasteiger partial charge >= 0.3 is 0 Å². The molecule has 0 aliphatic heterocycles. The lowest BCUT2D eigenvalue weighted by atomic mass is 10.1. The van der Waals surface area contributed by atoms with Crippen LogP contribution in [0.5, 0.6) is 0 Å². The van der Waals surface area contributed by atoms with Gasteiger partial charge < -0.3 is 4.98 Å². The molecule has 0 unspecified atom stereocenters. The molecule has 96 valence electrons. The molecule has 0 saturated heterocycles. The summed E-state index contributed by atoms with van der Waals surface area (Å²) in [5.41, 5.74) is 7.43. The van der Waals surface area contributed by atoms with Crippen LogP contribution in [0, 0.1) is 20.8 Å². The monoisotopic (exact) mass is 250 g/mol. The molecule has 0 radical (unpaired) electrons. The Morgan fingerprint density at radius 1 is 0.947 bits per heavy atom. The van der Waals surface area contributed by atoms with Crippen molar-refractivity contribution >= 4 is 11.0 Å². The van der Waals surface area contributed by atoms with Crippen LogP contribution in [0.25, 0.3) is 11.0 Å². The predicted molar refractivity (Wildman–Crippen MR) is 79.6 cm³/mol. The van der Waals surface area contributed by atoms with Crippen LogP contribution in [0.3, 0.4) is 0 Å². The first kappa shape index (κ1) is 12.0. The summed E-state index contributed by atoms with van der Waals surface area (Å²) < 4.78 is 0. The zero-order valence-electron chi connectivity index (χ0n) is 11.6. The fourth-order valence-corrected chi connectivity index (χ4v) is 2.39. The Morgan fingerprint density at radius 2 is 1.68 bits per heavy atom. The highest BCUT2D eigenvalue weighted by Gasteiger charge is 2.06. The SMILES string of the molecule is Cc1cc2nc(Cc3ccccc3C)[nH]c2cc1C. The number of H-pyrrole nitrogens is 1. The van der Waals surface area contributed by atoms with E-state index in [4.69, 9.17) is 4.98 Å². The zero-order valence-corrected chi connectivity index (χ0v) is 11.6. The lowest BCUT2D eigenvalue weighted by molar-refractivity contribution is 1.03. The van der Waals surface area contributed by atoms with Crippen LogP contribution < -0.4 is 0 Å². The van der Waals surface area contributed by atoms with E-state index >= 15 is 0 Å². The Balaban J connectivity index is 2.00. The Bertz CT molecular complexity index is 699. The molecule has 2 aromatic carbocycles. The quantitative estimate of drug-likeness (QED) is 0.729. The van der Waals surface area contributed by atoms with Crippen molar-refractivity contribution in [3.05, 3.63) is 64.5 Å². The Hall–Kier alpha value is -2.09. The van der Waals surface area contributed by atoms with Crippen LogP contribution >= 0.6 is 0 Å². The minimum Gasteiger partial charge on any atom is -0.342 e. The number of hydrogen-bond donors (Lipinski definition) is 1. The molecule has 0 atom stereocenters. The van der Waals surface area contributed by atoms with Crippen molar-refractivity contribution in [1.29, 1.82) is 0 Å². The summed E-state index contributed by atoms with van der Waals surface area (Å²) >= 11 is 0. The minimum absolute atomic E-state index is 0.861. The zero-order chi connectivity index (χ0) is 13.4. The van der Waals surface area contributed by atoms with Gasteiger partial charge in [0.05, 0.1) is 11.0 Å². The van der Waals surface area contributed by atoms with Gasteiger partial charge in [-0.15, -0.1) is 0 Å². The number of fused-ring (bicyclic) bond motifs is 1. The van der Waals surface area contributed by atoms with E-state index in [1.165, 1.54) is 22.3 Å². The lowest BCUT2D eigenvalue weighted by Gasteiger charge is -2.02. The van der Waals surface area contributed by atoms with Gasteiger partial charge in [0.15, 0.2) is 0 Å². The highest BCUT2D eigenvalue weighted by molar-refractivity contribution is 5.77. The maximum Gasteiger partial charge on any atom is 0.111 e. The van der Waals surface area contributed by atoms with Crippen LogP contribution in [-0.2, 0) is 6.42 Å². The number of hydrogen-bond acceptors (Lipinski definition) is 1. The van der Waals surface area contributed by atoms with Gasteiger partial charge in [-0.25, -0.2) is 4.98 Å². The minimum atomic E-state index is 0.861. The average Bonchev–Trinajstić information content (AvgIpc) is 2.74. The summed E-state index contributed by atoms with van der Waals surface area (Å²) in [5, 5.41) is 0. The van der Waals surface area contributed by atoms with E-state index in [0.717, 1.165) is 23.3 Å². The molecule has 1 heterocycles. The van der Waals surface area contributed by atoms with Crippen LogP contribution in [0.15, 0.2) is 36.4 Å². The fraction of sp³-hybridized carbons (Fsp3) is 0.235. The molecule has 19 heavy (non-hydrogen) atoms. The average molecular weight is 250 g/mol. The third-order valence-electron chi connectivity index (χ3n) is 3.77. The van der Waals surface area contributed by atoms with Gasteiger partial charge in [0.25, 0.3) is 0 Å². The van der Waals surface area contributed by atoms with Crippen LogP contribution in [0.1, 0.15) is 28.1 Å². The van der Waals surface area contributed by atoms with Crippen molar-refractivity contribution in [2.75, 3.05) is 0 Å². The van der Waals surface area contributed by atoms with Crippen molar-refractivity contribution in [1.82, 2.24) is 9.97 Å². The van der Waals surface area contributed by atoms with Gasteiger partial charge in [0.2, 0.25) is 0 Å². The van der Waals surface area contributed by atoms with E-state index in [-0.39, 0.29) is 0 Å². The molecule has 3 rings (SSSR count). The summed E-state index contributed by atoms with van der Waals surface area (Å²) in [6.07, 6.45) is 0.861. The molecule has 0 aliphatic carbocycles. The molecule has 2 nitrogen and oxygen atoms in total. The van der Waals surface area contributed by atoms with Crippen LogP contribution in [-0.4, -0.2) is 9.97 Å². The molecule has 1 N–H and O–H groups in total. The van der Waals surface area contributed by atoms with Gasteiger partial charge in [-0.1, -0.05) is 24.3 Å². The third kappa shape index (κ3) is 2.26. The third-order valence-corrected chi connectivity index (χ3v) is 3.77. The summed E-state index contributed by atoms with van der Waals surface area (Å²) in [4.78, 5) is 8.12. The number of nitrogens with zero attached hydrogens (tertiary/aromatic N) is 1. The van der Waals surface area contributed by atoms with Gasteiger partial charge in [0.1, 0.15) is 5.82 Å². The van der Waals surface area contributed by atoms with E-state index in [1.807, 2.05) is 0 Å². The molecular formula is C17H18N2. The molecule has 0 spiro atoms. The van der Waals surface area contributed by atoms with E-state index in [9.17, 15) is 0 Å². The van der Waals surface area contributed by atoms with E-state index in [2.05, 4.69) is 62.2 Å². The van der Waals surface area contributed by atoms with E-state index in [1.54, 1.807) is 0 Å². The second kappa shape index (κ2) is 4.54. The summed E-state index contributed by atoms with van der Waals surface area (Å²) in [7, 11) is 0. The molecule has 3 aromatic rings. The molecular weight excluding hydrogens is 232 g/mol. The summed E-state index contributed by atoms with van der Waals surface area (Å²) in [6, 6.07) is 12.8. The summed E-state index contributed by atoms with van der Waals surface area (Å²) in [6.45, 7) is 6.41. The Kier molecular flexibility index (Phi) is 2.86. The van der Waals surface area contributed by atoms with E-state index in [0.29, 0.717) is 0 Å². The number of aryl methyl sites for hydroxylation is 3. The highest BCUT2D eigenvalue weighted by Crippen LogP contribution is 2.19. The molecule has 0 amide bonds. The van der Waals surface area contributed by atoms with Crippen molar-refractivity contribution in [3.63, 3.8) is 0 Å². The Morgan fingerprint density at radius 3 is 2.47 bits per heavy atom. The largest absolute Gasteiger partial charge is 0.342 e. The molecule has 1 aromatic heterocycles. The smallest absolute Gasteiger partial charge is 0.111 e. The van der Waals surface area contributed by atoms with Gasteiger partial charge in [-0.3, -0.25) is 0 Å². The summed E-state index contributed by atoms with van der Waals surface area (Å²) in [5.74, 6) is 1.04. The number of aromatic nitrogens is 2. The molecule has 0 bridgehead atoms. The number of rotatable bonds is 2. The van der Waals surface area contributed by atoms with Gasteiger partial charge in [-0.2, -0.15) is 0 Å². The first-order valence-electron chi connectivity index (χ1n) is 6.64. The highest BCUT2D eigenvalue weighted by atomic mass is 14.9. The number of nitrogens with one attached hydrogen (secondary N) is 1. The van der Waals surface area contributed by atoms with Gasteiger partial charge in [-0.05, 0) is 55.2 Å². The number of imidazole rings is 1. The maximum absolute atomic E-state index is 4.70. The number of benzene rings is 2. The van der Waals surface area contributed by atoms with Crippen LogP contribution in [0.2, 0.25) is 0 Å². The molecule has 0 fully saturated rings. The molecule has 0 saturated carbocycles. The van der Waals surface area contributed by atoms with Crippen molar-refractivity contribution < 1.29 is 0 Å². The van der Waals surface area contributed by atoms with Gasteiger partial charge in [0, 0.05) is 6.42 Å². The Labute approximate surface area is 113 Å². The topological polar surface area (TPSA) is 28.7 Å². The fourth-order valence-electron chi connectivity index (χ4n) is 2.39. The maximum atomic E-state index is 4.70. The van der Waals surface area contributed by atoms with Crippen molar-refractivity contribution in [2.45, 2.75) is 27.2 Å². The first-order chi connectivity index (χ1) is 9.13. The second-order valence-corrected chi connectivity index (χ2v) is 5.24. The second-order valence-electron chi connectivity index (χ2n) is 5.24. The van der Waals surface area contributed by atoms with E-state index < -0.39 is 0 Å². The number of aromatic amines is 1. The molecule has 2 heteroatoms. The van der Waals surface area contributed by atoms with Crippen molar-refractivity contribution in [3.8, 4) is 0 Å². The standard InChI is InChI=1S/C17H18N2/c1-11-6-4-5-7-14(11)10-17-18-15-8-12(2)13(3)9-16(15)19-17/h4-9H,10H2,1-3H3,(H,18,19). The predicted octanol–water partition coefficient (Wildman–Crippen LogP) is 4.08. The lowest BCUT2D eigenvalue weighted by Crippen LogP contribution is -1.93.